The molecule has 0 bridgehead atoms. The zero-order valence-corrected chi connectivity index (χ0v) is 18.3. The summed E-state index contributed by atoms with van der Waals surface area (Å²) in [5, 5.41) is 5.13. The zero-order valence-electron chi connectivity index (χ0n) is 17.5. The first-order valence-electron chi connectivity index (χ1n) is 10.0. The van der Waals surface area contributed by atoms with Crippen molar-refractivity contribution in [2.45, 2.75) is 32.7 Å². The second-order valence-corrected chi connectivity index (χ2v) is 9.14. The second-order valence-electron chi connectivity index (χ2n) is 8.11. The first kappa shape index (κ1) is 20.2. The molecule has 0 saturated heterocycles. The van der Waals surface area contributed by atoms with Gasteiger partial charge in [0.2, 0.25) is 5.13 Å². The van der Waals surface area contributed by atoms with Crippen molar-refractivity contribution in [3.63, 3.8) is 0 Å². The van der Waals surface area contributed by atoms with E-state index in [1.807, 2.05) is 54.9 Å². The second kappa shape index (κ2) is 8.71. The van der Waals surface area contributed by atoms with Gasteiger partial charge in [-0.2, -0.15) is 5.10 Å². The molecular formula is C24H26N4OS. The molecule has 154 valence electrons. The molecule has 0 saturated carbocycles. The lowest BCUT2D eigenvalue weighted by atomic mass is 9.87. The molecule has 0 aliphatic rings. The maximum absolute atomic E-state index is 5.92. The van der Waals surface area contributed by atoms with E-state index in [0.29, 0.717) is 6.61 Å². The van der Waals surface area contributed by atoms with Crippen LogP contribution in [0.4, 0.5) is 5.13 Å². The van der Waals surface area contributed by atoms with Gasteiger partial charge in [0.05, 0.1) is 28.7 Å². The lowest BCUT2D eigenvalue weighted by molar-refractivity contribution is 0.298. The van der Waals surface area contributed by atoms with Crippen molar-refractivity contribution < 1.29 is 4.74 Å². The predicted octanol–water partition coefficient (Wildman–Crippen LogP) is 5.92. The van der Waals surface area contributed by atoms with Crippen molar-refractivity contribution in [3.8, 4) is 5.75 Å². The SMILES string of the molecule is CC(C)(C)c1ccc(OCCn2cccc2/C=N\Nc2nc3ccccc3s2)cc1. The van der Waals surface area contributed by atoms with Crippen molar-refractivity contribution >= 4 is 32.9 Å². The minimum atomic E-state index is 0.150. The normalized spacial score (nSPS) is 12.0. The molecule has 5 nitrogen and oxygen atoms in total. The van der Waals surface area contributed by atoms with Gasteiger partial charge in [-0.15, -0.1) is 0 Å². The van der Waals surface area contributed by atoms with Crippen molar-refractivity contribution in [3.05, 3.63) is 78.1 Å². The van der Waals surface area contributed by atoms with Crippen molar-refractivity contribution in [1.82, 2.24) is 9.55 Å². The van der Waals surface area contributed by atoms with E-state index in [1.54, 1.807) is 11.3 Å². The van der Waals surface area contributed by atoms with Crippen LogP contribution < -0.4 is 10.2 Å². The first-order valence-corrected chi connectivity index (χ1v) is 10.8. The molecule has 0 fully saturated rings. The minimum absolute atomic E-state index is 0.150. The van der Waals surface area contributed by atoms with Crippen LogP contribution in [0.2, 0.25) is 0 Å². The molecule has 2 heterocycles. The van der Waals surface area contributed by atoms with Gasteiger partial charge in [0.1, 0.15) is 12.4 Å². The third-order valence-corrected chi connectivity index (χ3v) is 5.78. The van der Waals surface area contributed by atoms with Crippen LogP contribution in [-0.4, -0.2) is 22.4 Å². The summed E-state index contributed by atoms with van der Waals surface area (Å²) in [4.78, 5) is 4.53. The summed E-state index contributed by atoms with van der Waals surface area (Å²) in [5.41, 5.74) is 6.48. The van der Waals surface area contributed by atoms with Gasteiger partial charge >= 0.3 is 0 Å². The molecule has 0 aliphatic heterocycles. The summed E-state index contributed by atoms with van der Waals surface area (Å²) in [6, 6.07) is 20.5. The topological polar surface area (TPSA) is 51.4 Å². The summed E-state index contributed by atoms with van der Waals surface area (Å²) in [6.45, 7) is 7.98. The Labute approximate surface area is 181 Å². The van der Waals surface area contributed by atoms with Gasteiger partial charge in [-0.1, -0.05) is 56.4 Å². The summed E-state index contributed by atoms with van der Waals surface area (Å²) in [7, 11) is 0. The fourth-order valence-corrected chi connectivity index (χ4v) is 3.95. The van der Waals surface area contributed by atoms with Crippen LogP contribution in [0.1, 0.15) is 32.0 Å². The molecule has 2 aromatic heterocycles. The van der Waals surface area contributed by atoms with Crippen molar-refractivity contribution in [1.29, 1.82) is 0 Å². The van der Waals surface area contributed by atoms with Crippen LogP contribution in [0.5, 0.6) is 5.75 Å². The Bertz CT molecular complexity index is 1100. The third-order valence-electron chi connectivity index (χ3n) is 4.84. The van der Waals surface area contributed by atoms with Crippen molar-refractivity contribution in [2.75, 3.05) is 12.0 Å². The van der Waals surface area contributed by atoms with E-state index >= 15 is 0 Å². The number of aromatic nitrogens is 2. The van der Waals surface area contributed by atoms with Gasteiger partial charge in [-0.3, -0.25) is 5.43 Å². The number of fused-ring (bicyclic) bond motifs is 1. The van der Waals surface area contributed by atoms with E-state index < -0.39 is 0 Å². The number of hydrazone groups is 1. The molecule has 0 radical (unpaired) electrons. The molecule has 6 heteroatoms. The Hall–Kier alpha value is -3.12. The number of para-hydroxylation sites is 1. The van der Waals surface area contributed by atoms with E-state index in [4.69, 9.17) is 4.74 Å². The van der Waals surface area contributed by atoms with Gasteiger partial charge in [0.15, 0.2) is 0 Å². The van der Waals surface area contributed by atoms with E-state index in [0.717, 1.165) is 33.3 Å². The van der Waals surface area contributed by atoms with Crippen LogP contribution >= 0.6 is 11.3 Å². The highest BCUT2D eigenvalue weighted by molar-refractivity contribution is 7.22. The number of ether oxygens (including phenoxy) is 1. The number of rotatable bonds is 7. The molecule has 4 rings (SSSR count). The van der Waals surface area contributed by atoms with Crippen LogP contribution in [0.25, 0.3) is 10.2 Å². The van der Waals surface area contributed by atoms with Crippen molar-refractivity contribution in [2.24, 2.45) is 5.10 Å². The molecule has 30 heavy (non-hydrogen) atoms. The number of nitrogens with one attached hydrogen (secondary N) is 1. The molecule has 1 N–H and O–H groups in total. The van der Waals surface area contributed by atoms with Gasteiger partial charge in [-0.05, 0) is 47.4 Å². The smallest absolute Gasteiger partial charge is 0.204 e. The Morgan fingerprint density at radius 3 is 2.63 bits per heavy atom. The summed E-state index contributed by atoms with van der Waals surface area (Å²) in [5.74, 6) is 0.892. The third kappa shape index (κ3) is 4.89. The number of hydrogen-bond acceptors (Lipinski definition) is 5. The fourth-order valence-electron chi connectivity index (χ4n) is 3.13. The average molecular weight is 419 g/mol. The maximum atomic E-state index is 5.92. The summed E-state index contributed by atoms with van der Waals surface area (Å²) in [6.07, 6.45) is 3.84. The van der Waals surface area contributed by atoms with Crippen LogP contribution in [0, 0.1) is 0 Å². The van der Waals surface area contributed by atoms with E-state index in [9.17, 15) is 0 Å². The molecule has 0 amide bonds. The molecule has 0 unspecified atom stereocenters. The van der Waals surface area contributed by atoms with Gasteiger partial charge in [0, 0.05) is 6.20 Å². The summed E-state index contributed by atoms with van der Waals surface area (Å²) < 4.78 is 9.18. The Kier molecular flexibility index (Phi) is 5.86. The molecule has 4 aromatic rings. The number of thiazole rings is 1. The first-order chi connectivity index (χ1) is 14.5. The van der Waals surface area contributed by atoms with E-state index in [-0.39, 0.29) is 5.41 Å². The number of nitrogens with zero attached hydrogens (tertiary/aromatic N) is 3. The van der Waals surface area contributed by atoms with Crippen LogP contribution in [0.3, 0.4) is 0 Å². The maximum Gasteiger partial charge on any atom is 0.204 e. The standard InChI is InChI=1S/C24H26N4OS/c1-24(2,3)18-10-12-20(13-11-18)29-16-15-28-14-6-7-19(28)17-25-27-23-26-21-8-4-5-9-22(21)30-23/h4-14,17H,15-16H2,1-3H3,(H,26,27)/b25-17-. The van der Waals surface area contributed by atoms with Crippen LogP contribution in [0.15, 0.2) is 72.0 Å². The highest BCUT2D eigenvalue weighted by atomic mass is 32.1. The Morgan fingerprint density at radius 1 is 1.07 bits per heavy atom. The molecule has 2 aromatic carbocycles. The predicted molar refractivity (Wildman–Crippen MR) is 126 cm³/mol. The molecule has 0 aliphatic carbocycles. The lowest BCUT2D eigenvalue weighted by Gasteiger charge is -2.19. The highest BCUT2D eigenvalue weighted by Crippen LogP contribution is 2.25. The minimum Gasteiger partial charge on any atom is -0.492 e. The zero-order chi connectivity index (χ0) is 21.0. The molecule has 0 spiro atoms. The van der Waals surface area contributed by atoms with Gasteiger partial charge in [0.25, 0.3) is 0 Å². The lowest BCUT2D eigenvalue weighted by Crippen LogP contribution is -2.12. The van der Waals surface area contributed by atoms with Crippen LogP contribution in [-0.2, 0) is 12.0 Å². The van der Waals surface area contributed by atoms with E-state index in [1.165, 1.54) is 5.56 Å². The number of anilines is 1. The fraction of sp³-hybridized carbons (Fsp3) is 0.250. The van der Waals surface area contributed by atoms with Gasteiger partial charge in [-0.25, -0.2) is 4.98 Å². The van der Waals surface area contributed by atoms with E-state index in [2.05, 4.69) is 59.0 Å². The molecule has 0 atom stereocenters. The average Bonchev–Trinajstić information content (AvgIpc) is 3.34. The van der Waals surface area contributed by atoms with Gasteiger partial charge < -0.3 is 9.30 Å². The number of hydrogen-bond donors (Lipinski definition) is 1. The largest absolute Gasteiger partial charge is 0.492 e. The Balaban J connectivity index is 1.31. The number of benzene rings is 2. The monoisotopic (exact) mass is 418 g/mol. The quantitative estimate of drug-likeness (QED) is 0.299. The summed E-state index contributed by atoms with van der Waals surface area (Å²) >= 11 is 1.59. The Morgan fingerprint density at radius 2 is 1.87 bits per heavy atom. The highest BCUT2D eigenvalue weighted by Gasteiger charge is 2.12. The molecular weight excluding hydrogens is 392 g/mol.